The number of phenolic OH excluding ortho intramolecular Hbond substituents is 3. The molecule has 2 aromatic rings. The van der Waals surface area contributed by atoms with E-state index in [1.807, 2.05) is 0 Å². The fourth-order valence-electron chi connectivity index (χ4n) is 4.01. The van der Waals surface area contributed by atoms with Gasteiger partial charge < -0.3 is 50.0 Å². The van der Waals surface area contributed by atoms with Gasteiger partial charge in [-0.15, -0.1) is 0 Å². The number of benzene rings is 2. The molecule has 2 aromatic carbocycles. The molecule has 174 valence electrons. The molecule has 32 heavy (non-hydrogen) atoms. The first-order valence-electron chi connectivity index (χ1n) is 10.2. The van der Waals surface area contributed by atoms with E-state index < -0.39 is 49.5 Å². The average molecular weight is 450 g/mol. The molecule has 0 bridgehead atoms. The van der Waals surface area contributed by atoms with Gasteiger partial charge in [0.15, 0.2) is 12.4 Å². The Hall–Kier alpha value is -2.60. The summed E-state index contributed by atoms with van der Waals surface area (Å²) in [5.74, 6) is -0.156. The Bertz CT molecular complexity index is 977. The number of phenols is 3. The first-order valence-corrected chi connectivity index (χ1v) is 10.2. The van der Waals surface area contributed by atoms with Crippen molar-refractivity contribution in [1.82, 2.24) is 0 Å². The van der Waals surface area contributed by atoms with E-state index in [0.717, 1.165) is 6.07 Å². The molecule has 2 aliphatic rings. The molecule has 2 unspecified atom stereocenters. The molecule has 0 radical (unpaired) electrons. The van der Waals surface area contributed by atoms with E-state index >= 15 is 0 Å². The zero-order chi connectivity index (χ0) is 23.2. The Labute approximate surface area is 183 Å². The van der Waals surface area contributed by atoms with Gasteiger partial charge in [0, 0.05) is 24.1 Å². The van der Waals surface area contributed by atoms with Gasteiger partial charge in [-0.1, -0.05) is 12.1 Å². The lowest BCUT2D eigenvalue weighted by Crippen LogP contribution is -2.60. The van der Waals surface area contributed by atoms with Gasteiger partial charge in [-0.2, -0.15) is 0 Å². The number of fused-ring (bicyclic) bond motifs is 1. The van der Waals surface area contributed by atoms with Crippen molar-refractivity contribution in [1.29, 1.82) is 0 Å². The van der Waals surface area contributed by atoms with Gasteiger partial charge in [0.1, 0.15) is 53.5 Å². The number of aromatic hydroxyl groups is 3. The largest absolute Gasteiger partial charge is 0.508 e. The highest BCUT2D eigenvalue weighted by atomic mass is 16.7. The summed E-state index contributed by atoms with van der Waals surface area (Å²) in [6.07, 6.45) is -8.97. The molecular weight excluding hydrogens is 424 g/mol. The number of aliphatic hydroxyl groups is 4. The van der Waals surface area contributed by atoms with Crippen molar-refractivity contribution in [2.45, 2.75) is 56.3 Å². The zero-order valence-corrected chi connectivity index (χ0v) is 17.2. The molecule has 2 heterocycles. The molecule has 0 saturated carbocycles. The van der Waals surface area contributed by atoms with Crippen molar-refractivity contribution in [3.8, 4) is 23.0 Å². The smallest absolute Gasteiger partial charge is 0.187 e. The van der Waals surface area contributed by atoms with Crippen LogP contribution in [-0.4, -0.2) is 79.2 Å². The van der Waals surface area contributed by atoms with E-state index in [9.17, 15) is 35.7 Å². The molecule has 7 atom stereocenters. The van der Waals surface area contributed by atoms with Crippen LogP contribution in [0.4, 0.5) is 0 Å². The monoisotopic (exact) mass is 450 g/mol. The van der Waals surface area contributed by atoms with E-state index in [1.165, 1.54) is 12.1 Å². The Kier molecular flexibility index (Phi) is 6.17. The standard InChI is InChI=1S/C22H26O10/c1-9-2-3-10(4-13(9)25)21-16(7-12-14(26)5-11(24)6-15(12)30-21)31-22-20(29)19(28)18(27)17(8-23)32-22/h2-6,16-29H,7-8H2,1H3/t16-,17?,18-,19+,20?,21-,22-/m1/s1. The van der Waals surface area contributed by atoms with Crippen molar-refractivity contribution in [2.24, 2.45) is 0 Å². The molecule has 10 nitrogen and oxygen atoms in total. The van der Waals surface area contributed by atoms with Gasteiger partial charge in [-0.25, -0.2) is 0 Å². The number of aliphatic hydroxyl groups excluding tert-OH is 4. The molecule has 0 amide bonds. The van der Waals surface area contributed by atoms with Gasteiger partial charge in [0.25, 0.3) is 0 Å². The fourth-order valence-corrected chi connectivity index (χ4v) is 4.01. The van der Waals surface area contributed by atoms with Gasteiger partial charge >= 0.3 is 0 Å². The maximum absolute atomic E-state index is 10.4. The predicted molar refractivity (Wildman–Crippen MR) is 108 cm³/mol. The van der Waals surface area contributed by atoms with Crippen LogP contribution < -0.4 is 4.74 Å². The summed E-state index contributed by atoms with van der Waals surface area (Å²) in [7, 11) is 0. The van der Waals surface area contributed by atoms with E-state index in [1.54, 1.807) is 19.1 Å². The van der Waals surface area contributed by atoms with Gasteiger partial charge in [-0.3, -0.25) is 0 Å². The van der Waals surface area contributed by atoms with Crippen LogP contribution in [0, 0.1) is 6.92 Å². The Morgan fingerprint density at radius 3 is 2.41 bits per heavy atom. The zero-order valence-electron chi connectivity index (χ0n) is 17.2. The van der Waals surface area contributed by atoms with Crippen LogP contribution in [0.2, 0.25) is 0 Å². The van der Waals surface area contributed by atoms with Crippen molar-refractivity contribution in [2.75, 3.05) is 6.61 Å². The Morgan fingerprint density at radius 2 is 1.72 bits per heavy atom. The first kappa shape index (κ1) is 22.6. The maximum Gasteiger partial charge on any atom is 0.187 e. The molecular formula is C22H26O10. The van der Waals surface area contributed by atoms with Crippen LogP contribution in [0.15, 0.2) is 30.3 Å². The summed E-state index contributed by atoms with van der Waals surface area (Å²) < 4.78 is 17.4. The molecule has 0 spiro atoms. The summed E-state index contributed by atoms with van der Waals surface area (Å²) in [4.78, 5) is 0. The number of ether oxygens (including phenoxy) is 3. The highest BCUT2D eigenvalue weighted by Gasteiger charge is 2.46. The molecule has 0 aliphatic carbocycles. The van der Waals surface area contributed by atoms with E-state index in [0.29, 0.717) is 16.7 Å². The third kappa shape index (κ3) is 4.08. The highest BCUT2D eigenvalue weighted by molar-refractivity contribution is 5.51. The second-order valence-electron chi connectivity index (χ2n) is 8.10. The van der Waals surface area contributed by atoms with Crippen LogP contribution in [0.3, 0.4) is 0 Å². The fraction of sp³-hybridized carbons (Fsp3) is 0.455. The number of aryl methyl sites for hydroxylation is 1. The number of rotatable bonds is 4. The molecule has 10 heteroatoms. The minimum atomic E-state index is -1.62. The van der Waals surface area contributed by atoms with Gasteiger partial charge in [0.2, 0.25) is 0 Å². The maximum atomic E-state index is 10.4. The lowest BCUT2D eigenvalue weighted by molar-refractivity contribution is -0.317. The lowest BCUT2D eigenvalue weighted by Gasteiger charge is -2.43. The molecule has 1 fully saturated rings. The average Bonchev–Trinajstić information content (AvgIpc) is 2.76. The third-order valence-electron chi connectivity index (χ3n) is 5.89. The van der Waals surface area contributed by atoms with Crippen LogP contribution >= 0.6 is 0 Å². The van der Waals surface area contributed by atoms with Crippen LogP contribution in [0.1, 0.15) is 22.8 Å². The topological polar surface area (TPSA) is 169 Å². The van der Waals surface area contributed by atoms with Gasteiger partial charge in [0.05, 0.1) is 6.61 Å². The van der Waals surface area contributed by atoms with Crippen molar-refractivity contribution in [3.63, 3.8) is 0 Å². The minimum Gasteiger partial charge on any atom is -0.508 e. The Balaban J connectivity index is 1.68. The second kappa shape index (κ2) is 8.74. The summed E-state index contributed by atoms with van der Waals surface area (Å²) in [6, 6.07) is 7.41. The van der Waals surface area contributed by atoms with Crippen molar-refractivity contribution in [3.05, 3.63) is 47.0 Å². The lowest BCUT2D eigenvalue weighted by atomic mass is 9.92. The minimum absolute atomic E-state index is 0.0299. The van der Waals surface area contributed by atoms with E-state index in [-0.39, 0.29) is 29.4 Å². The van der Waals surface area contributed by atoms with Crippen LogP contribution in [-0.2, 0) is 15.9 Å². The van der Waals surface area contributed by atoms with Crippen LogP contribution in [0.25, 0.3) is 0 Å². The third-order valence-corrected chi connectivity index (χ3v) is 5.89. The number of hydrogen-bond acceptors (Lipinski definition) is 10. The predicted octanol–water partition coefficient (Wildman–Crippen LogP) is -0.0269. The van der Waals surface area contributed by atoms with Crippen LogP contribution in [0.5, 0.6) is 23.0 Å². The molecule has 7 N–H and O–H groups in total. The summed E-state index contributed by atoms with van der Waals surface area (Å²) in [6.45, 7) is 1.12. The second-order valence-corrected chi connectivity index (χ2v) is 8.10. The quantitative estimate of drug-likeness (QED) is 0.336. The summed E-state index contributed by atoms with van der Waals surface area (Å²) >= 11 is 0. The molecule has 2 aliphatic heterocycles. The van der Waals surface area contributed by atoms with E-state index in [2.05, 4.69) is 0 Å². The normalized spacial score (nSPS) is 32.2. The first-order chi connectivity index (χ1) is 15.2. The SMILES string of the molecule is Cc1ccc([C@H]2Oc3cc(O)cc(O)c3C[C@H]2O[C@@H]2OC(CO)[C@@H](O)[C@H](O)C2O)cc1O. The molecule has 1 saturated heterocycles. The molecule has 0 aromatic heterocycles. The summed E-state index contributed by atoms with van der Waals surface area (Å²) in [5, 5.41) is 70.2. The van der Waals surface area contributed by atoms with E-state index in [4.69, 9.17) is 14.2 Å². The highest BCUT2D eigenvalue weighted by Crippen LogP contribution is 2.44. The van der Waals surface area contributed by atoms with Crippen molar-refractivity contribution >= 4 is 0 Å². The van der Waals surface area contributed by atoms with Gasteiger partial charge in [-0.05, 0) is 24.1 Å². The van der Waals surface area contributed by atoms with Crippen molar-refractivity contribution < 1.29 is 50.0 Å². The molecule has 4 rings (SSSR count). The number of hydrogen-bond donors (Lipinski definition) is 7. The summed E-state index contributed by atoms with van der Waals surface area (Å²) in [5.41, 5.74) is 1.52. The Morgan fingerprint density at radius 1 is 0.969 bits per heavy atom.